The van der Waals surface area contributed by atoms with Crippen LogP contribution in [0.1, 0.15) is 30.5 Å². The number of Topliss-reactive ketones (excluding diaryl/α,β-unsaturated/α-hetero) is 1. The molecule has 0 aromatic heterocycles. The number of hydrogen-bond acceptors (Lipinski definition) is 6. The van der Waals surface area contributed by atoms with Gasteiger partial charge in [0.15, 0.2) is 0 Å². The zero-order valence-corrected chi connectivity index (χ0v) is 19.2. The van der Waals surface area contributed by atoms with Crippen molar-refractivity contribution >= 4 is 17.4 Å². The topological polar surface area (TPSA) is 79.3 Å². The van der Waals surface area contributed by atoms with Crippen LogP contribution in [-0.4, -0.2) is 72.6 Å². The zero-order valence-electron chi connectivity index (χ0n) is 19.2. The van der Waals surface area contributed by atoms with Crippen LogP contribution in [0.15, 0.2) is 54.1 Å². The van der Waals surface area contributed by atoms with E-state index in [4.69, 9.17) is 9.47 Å². The molecule has 2 aromatic rings. The Labute approximate surface area is 198 Å². The van der Waals surface area contributed by atoms with Gasteiger partial charge in [0, 0.05) is 31.7 Å². The SMILES string of the molecule is CCCOc1cccc([C@@H]2C(=C(O)c3ccc(F)cc3)C(=O)C(=O)N2CCN2CCOCC2)c1. The zero-order chi connectivity index (χ0) is 24.1. The van der Waals surface area contributed by atoms with E-state index < -0.39 is 23.5 Å². The third-order valence-electron chi connectivity index (χ3n) is 6.07. The van der Waals surface area contributed by atoms with Crippen LogP contribution in [0.25, 0.3) is 5.76 Å². The van der Waals surface area contributed by atoms with Crippen molar-refractivity contribution in [2.24, 2.45) is 0 Å². The Morgan fingerprint density at radius 2 is 1.85 bits per heavy atom. The minimum atomic E-state index is -0.781. The fourth-order valence-electron chi connectivity index (χ4n) is 4.29. The molecule has 0 saturated carbocycles. The minimum absolute atomic E-state index is 0.00812. The summed E-state index contributed by atoms with van der Waals surface area (Å²) < 4.78 is 24.6. The van der Waals surface area contributed by atoms with E-state index in [1.165, 1.54) is 29.2 Å². The van der Waals surface area contributed by atoms with Crippen LogP contribution >= 0.6 is 0 Å². The largest absolute Gasteiger partial charge is 0.507 e. The van der Waals surface area contributed by atoms with Crippen molar-refractivity contribution in [1.29, 1.82) is 0 Å². The van der Waals surface area contributed by atoms with Crippen LogP contribution < -0.4 is 4.74 Å². The highest BCUT2D eigenvalue weighted by atomic mass is 19.1. The number of rotatable bonds is 8. The smallest absolute Gasteiger partial charge is 0.295 e. The number of nitrogens with zero attached hydrogens (tertiary/aromatic N) is 2. The molecule has 180 valence electrons. The molecule has 0 spiro atoms. The predicted molar refractivity (Wildman–Crippen MR) is 125 cm³/mol. The van der Waals surface area contributed by atoms with Gasteiger partial charge in [-0.1, -0.05) is 19.1 Å². The lowest BCUT2D eigenvalue weighted by Crippen LogP contribution is -2.42. The van der Waals surface area contributed by atoms with Crippen molar-refractivity contribution in [3.05, 3.63) is 71.0 Å². The van der Waals surface area contributed by atoms with E-state index in [2.05, 4.69) is 4.90 Å². The van der Waals surface area contributed by atoms with Crippen molar-refractivity contribution in [2.45, 2.75) is 19.4 Å². The Kier molecular flexibility index (Phi) is 7.59. The fraction of sp³-hybridized carbons (Fsp3) is 0.385. The summed E-state index contributed by atoms with van der Waals surface area (Å²) in [4.78, 5) is 29.9. The molecule has 2 fully saturated rings. The number of benzene rings is 2. The number of aliphatic hydroxyl groups excluding tert-OH is 1. The summed E-state index contributed by atoms with van der Waals surface area (Å²) in [6.45, 7) is 6.20. The monoisotopic (exact) mass is 468 g/mol. The third-order valence-corrected chi connectivity index (χ3v) is 6.07. The maximum Gasteiger partial charge on any atom is 0.295 e. The summed E-state index contributed by atoms with van der Waals surface area (Å²) >= 11 is 0. The number of ketones is 1. The predicted octanol–water partition coefficient (Wildman–Crippen LogP) is 3.37. The molecule has 2 aromatic carbocycles. The quantitative estimate of drug-likeness (QED) is 0.364. The molecule has 0 aliphatic carbocycles. The summed E-state index contributed by atoms with van der Waals surface area (Å²) in [5, 5.41) is 11.1. The molecule has 4 rings (SSSR count). The lowest BCUT2D eigenvalue weighted by Gasteiger charge is -2.31. The van der Waals surface area contributed by atoms with Crippen molar-refractivity contribution in [2.75, 3.05) is 46.0 Å². The molecule has 2 saturated heterocycles. The molecule has 1 N–H and O–H groups in total. The summed E-state index contributed by atoms with van der Waals surface area (Å²) in [6.07, 6.45) is 0.840. The maximum atomic E-state index is 13.4. The highest BCUT2D eigenvalue weighted by Crippen LogP contribution is 2.40. The van der Waals surface area contributed by atoms with Gasteiger partial charge in [0.25, 0.3) is 11.7 Å². The third kappa shape index (κ3) is 5.13. The normalized spacial score (nSPS) is 20.6. The number of carbonyl (C=O) groups excluding carboxylic acids is 2. The highest BCUT2D eigenvalue weighted by Gasteiger charge is 2.46. The maximum absolute atomic E-state index is 13.4. The van der Waals surface area contributed by atoms with E-state index in [0.29, 0.717) is 44.2 Å². The van der Waals surface area contributed by atoms with Gasteiger partial charge < -0.3 is 19.5 Å². The molecule has 0 radical (unpaired) electrons. The van der Waals surface area contributed by atoms with Crippen molar-refractivity contribution in [3.63, 3.8) is 0 Å². The van der Waals surface area contributed by atoms with Crippen LogP contribution in [-0.2, 0) is 14.3 Å². The number of ether oxygens (including phenoxy) is 2. The van der Waals surface area contributed by atoms with Gasteiger partial charge in [-0.25, -0.2) is 4.39 Å². The number of halogens is 1. The van der Waals surface area contributed by atoms with E-state index in [1.807, 2.05) is 19.1 Å². The van der Waals surface area contributed by atoms with Crippen LogP contribution in [0.2, 0.25) is 0 Å². The fourth-order valence-corrected chi connectivity index (χ4v) is 4.29. The van der Waals surface area contributed by atoms with Crippen molar-refractivity contribution in [3.8, 4) is 5.75 Å². The van der Waals surface area contributed by atoms with Crippen molar-refractivity contribution in [1.82, 2.24) is 9.80 Å². The summed E-state index contributed by atoms with van der Waals surface area (Å²) in [5.41, 5.74) is 0.931. The second-order valence-corrected chi connectivity index (χ2v) is 8.37. The van der Waals surface area contributed by atoms with Gasteiger partial charge in [-0.15, -0.1) is 0 Å². The number of likely N-dealkylation sites (tertiary alicyclic amines) is 1. The van der Waals surface area contributed by atoms with Crippen LogP contribution in [0.5, 0.6) is 5.75 Å². The molecular weight excluding hydrogens is 439 g/mol. The Balaban J connectivity index is 1.73. The summed E-state index contributed by atoms with van der Waals surface area (Å²) in [7, 11) is 0. The Bertz CT molecular complexity index is 1060. The molecule has 7 nitrogen and oxygen atoms in total. The standard InChI is InChI=1S/C26H29FN2O5/c1-2-14-34-21-5-3-4-19(17-21)23-22(24(30)18-6-8-20(27)9-7-18)25(31)26(32)29(23)11-10-28-12-15-33-16-13-28/h3-9,17,23,30H,2,10-16H2,1H3/t23-/m1/s1. The van der Waals surface area contributed by atoms with Gasteiger partial charge in [0.1, 0.15) is 17.3 Å². The van der Waals surface area contributed by atoms with E-state index in [9.17, 15) is 19.1 Å². The molecule has 1 amide bonds. The van der Waals surface area contributed by atoms with Crippen molar-refractivity contribution < 1.29 is 28.6 Å². The Morgan fingerprint density at radius 1 is 1.12 bits per heavy atom. The first-order valence-corrected chi connectivity index (χ1v) is 11.6. The van der Waals surface area contributed by atoms with Gasteiger partial charge in [0.2, 0.25) is 0 Å². The molecule has 0 bridgehead atoms. The molecule has 8 heteroatoms. The van der Waals surface area contributed by atoms with Crippen LogP contribution in [0, 0.1) is 5.82 Å². The van der Waals surface area contributed by atoms with Crippen LogP contribution in [0.4, 0.5) is 4.39 Å². The molecule has 2 heterocycles. The van der Waals surface area contributed by atoms with Gasteiger partial charge in [0.05, 0.1) is 31.4 Å². The molecule has 2 aliphatic rings. The first-order valence-electron chi connectivity index (χ1n) is 11.6. The van der Waals surface area contributed by atoms with Gasteiger partial charge in [-0.05, 0) is 48.4 Å². The lowest BCUT2D eigenvalue weighted by atomic mass is 9.95. The molecule has 0 unspecified atom stereocenters. The first kappa shape index (κ1) is 23.9. The van der Waals surface area contributed by atoms with E-state index in [-0.39, 0.29) is 16.9 Å². The average molecular weight is 469 g/mol. The second-order valence-electron chi connectivity index (χ2n) is 8.37. The Hall–Kier alpha value is -3.23. The lowest BCUT2D eigenvalue weighted by molar-refractivity contribution is -0.140. The first-order chi connectivity index (χ1) is 16.5. The second kappa shape index (κ2) is 10.8. The number of amides is 1. The van der Waals surface area contributed by atoms with Crippen LogP contribution in [0.3, 0.4) is 0 Å². The molecule has 2 aliphatic heterocycles. The van der Waals surface area contributed by atoms with Gasteiger partial charge >= 0.3 is 0 Å². The number of hydrogen-bond donors (Lipinski definition) is 1. The summed E-state index contributed by atoms with van der Waals surface area (Å²) in [6, 6.07) is 11.7. The highest BCUT2D eigenvalue weighted by molar-refractivity contribution is 6.46. The van der Waals surface area contributed by atoms with E-state index in [0.717, 1.165) is 19.5 Å². The molecule has 34 heavy (non-hydrogen) atoms. The molecule has 1 atom stereocenters. The molecular formula is C26H29FN2O5. The number of carbonyl (C=O) groups is 2. The van der Waals surface area contributed by atoms with E-state index in [1.54, 1.807) is 12.1 Å². The average Bonchev–Trinajstić information content (AvgIpc) is 3.12. The van der Waals surface area contributed by atoms with Gasteiger partial charge in [-0.2, -0.15) is 0 Å². The minimum Gasteiger partial charge on any atom is -0.507 e. The summed E-state index contributed by atoms with van der Waals surface area (Å²) in [5.74, 6) is -1.58. The Morgan fingerprint density at radius 3 is 2.56 bits per heavy atom. The van der Waals surface area contributed by atoms with E-state index >= 15 is 0 Å². The number of morpholine rings is 1. The number of aliphatic hydroxyl groups is 1. The van der Waals surface area contributed by atoms with Gasteiger partial charge in [-0.3, -0.25) is 14.5 Å².